The Bertz CT molecular complexity index is 417. The molecule has 0 fully saturated rings. The lowest BCUT2D eigenvalue weighted by Crippen LogP contribution is -2.60. The Hall–Kier alpha value is -1.30. The summed E-state index contributed by atoms with van der Waals surface area (Å²) in [4.78, 5) is 18.1. The summed E-state index contributed by atoms with van der Waals surface area (Å²) in [6.45, 7) is 14.3. The Balaban J connectivity index is 2.69. The highest BCUT2D eigenvalue weighted by Gasteiger charge is 2.36. The average molecular weight is 299 g/mol. The molecule has 1 rings (SSSR count). The fourth-order valence-corrected chi connectivity index (χ4v) is 1.69. The third-order valence-electron chi connectivity index (χ3n) is 3.65. The SMILES string of the molecule is CC(C)(C)OC(=O)N1CCN=C(NC(C)(C)C(C)(C)O)C1. The lowest BCUT2D eigenvalue weighted by atomic mass is 9.86. The van der Waals surface area contributed by atoms with Gasteiger partial charge in [-0.1, -0.05) is 0 Å². The molecule has 0 aromatic carbocycles. The number of amides is 1. The highest BCUT2D eigenvalue weighted by Crippen LogP contribution is 2.21. The van der Waals surface area contributed by atoms with Crippen LogP contribution in [0.4, 0.5) is 4.79 Å². The second-order valence-electron chi connectivity index (χ2n) is 7.54. The first kappa shape index (κ1) is 17.8. The molecule has 21 heavy (non-hydrogen) atoms. The van der Waals surface area contributed by atoms with Gasteiger partial charge in [0.2, 0.25) is 0 Å². The Morgan fingerprint density at radius 3 is 2.29 bits per heavy atom. The first-order chi connectivity index (χ1) is 9.32. The maximum atomic E-state index is 12.1. The molecule has 2 N–H and O–H groups in total. The number of hydrogen-bond acceptors (Lipinski definition) is 5. The number of nitrogens with one attached hydrogen (secondary N) is 1. The van der Waals surface area contributed by atoms with E-state index >= 15 is 0 Å². The van der Waals surface area contributed by atoms with Crippen LogP contribution in [-0.2, 0) is 4.74 Å². The molecule has 0 atom stereocenters. The molecule has 1 heterocycles. The van der Waals surface area contributed by atoms with Crippen LogP contribution >= 0.6 is 0 Å². The summed E-state index contributed by atoms with van der Waals surface area (Å²) >= 11 is 0. The lowest BCUT2D eigenvalue weighted by Gasteiger charge is -2.40. The number of hydrogen-bond donors (Lipinski definition) is 2. The molecule has 0 radical (unpaired) electrons. The number of carbonyl (C=O) groups excluding carboxylic acids is 1. The van der Waals surface area contributed by atoms with Crippen LogP contribution in [0, 0.1) is 0 Å². The van der Waals surface area contributed by atoms with Crippen molar-refractivity contribution in [3.8, 4) is 0 Å². The predicted octanol–water partition coefficient (Wildman–Crippen LogP) is 1.77. The van der Waals surface area contributed by atoms with Crippen molar-refractivity contribution in [3.63, 3.8) is 0 Å². The summed E-state index contributed by atoms with van der Waals surface area (Å²) in [5.41, 5.74) is -1.97. The van der Waals surface area contributed by atoms with Gasteiger partial charge >= 0.3 is 6.09 Å². The number of ether oxygens (including phenoxy) is 1. The molecule has 6 heteroatoms. The second-order valence-corrected chi connectivity index (χ2v) is 7.54. The van der Waals surface area contributed by atoms with Crippen LogP contribution in [0.25, 0.3) is 0 Å². The van der Waals surface area contributed by atoms with Crippen LogP contribution in [0.2, 0.25) is 0 Å². The second kappa shape index (κ2) is 5.83. The molecule has 1 amide bonds. The van der Waals surface area contributed by atoms with Gasteiger partial charge in [-0.05, 0) is 48.5 Å². The molecule has 1 aliphatic rings. The van der Waals surface area contributed by atoms with Crippen molar-refractivity contribution in [3.05, 3.63) is 0 Å². The maximum Gasteiger partial charge on any atom is 0.410 e. The molecule has 0 bridgehead atoms. The van der Waals surface area contributed by atoms with E-state index in [4.69, 9.17) is 4.74 Å². The Morgan fingerprint density at radius 1 is 1.24 bits per heavy atom. The van der Waals surface area contributed by atoms with Gasteiger partial charge in [0.15, 0.2) is 0 Å². The quantitative estimate of drug-likeness (QED) is 0.815. The minimum absolute atomic E-state index is 0.335. The molecular formula is C15H29N3O3. The zero-order chi connectivity index (χ0) is 16.5. The zero-order valence-electron chi connectivity index (χ0n) is 14.3. The molecule has 0 spiro atoms. The fraction of sp³-hybridized carbons (Fsp3) is 0.867. The van der Waals surface area contributed by atoms with Crippen LogP contribution < -0.4 is 5.32 Å². The third-order valence-corrected chi connectivity index (χ3v) is 3.65. The number of rotatable bonds is 2. The van der Waals surface area contributed by atoms with Crippen molar-refractivity contribution in [2.45, 2.75) is 65.2 Å². The minimum Gasteiger partial charge on any atom is -0.444 e. The first-order valence-corrected chi connectivity index (χ1v) is 7.34. The average Bonchev–Trinajstić information content (AvgIpc) is 2.24. The van der Waals surface area contributed by atoms with Gasteiger partial charge in [-0.3, -0.25) is 9.89 Å². The van der Waals surface area contributed by atoms with E-state index in [0.717, 1.165) is 0 Å². The van der Waals surface area contributed by atoms with Crippen molar-refractivity contribution in [1.82, 2.24) is 10.2 Å². The summed E-state index contributed by atoms with van der Waals surface area (Å²) in [6.07, 6.45) is -0.335. The van der Waals surface area contributed by atoms with E-state index in [9.17, 15) is 9.90 Å². The van der Waals surface area contributed by atoms with Gasteiger partial charge in [0, 0.05) is 6.54 Å². The van der Waals surface area contributed by atoms with Gasteiger partial charge in [-0.25, -0.2) is 4.79 Å². The van der Waals surface area contributed by atoms with Crippen LogP contribution in [-0.4, -0.2) is 58.3 Å². The van der Waals surface area contributed by atoms with E-state index in [-0.39, 0.29) is 6.09 Å². The summed E-state index contributed by atoms with van der Waals surface area (Å²) in [7, 11) is 0. The monoisotopic (exact) mass is 299 g/mol. The van der Waals surface area contributed by atoms with Gasteiger partial charge < -0.3 is 15.2 Å². The normalized spacial score (nSPS) is 17.3. The van der Waals surface area contributed by atoms with Crippen molar-refractivity contribution in [2.75, 3.05) is 19.6 Å². The number of amidine groups is 1. The molecule has 122 valence electrons. The van der Waals surface area contributed by atoms with Crippen LogP contribution in [0.3, 0.4) is 0 Å². The lowest BCUT2D eigenvalue weighted by molar-refractivity contribution is 0.00360. The number of aliphatic hydroxyl groups is 1. The summed E-state index contributed by atoms with van der Waals surface area (Å²) < 4.78 is 5.38. The molecular weight excluding hydrogens is 270 g/mol. The zero-order valence-corrected chi connectivity index (χ0v) is 14.3. The molecule has 0 unspecified atom stereocenters. The molecule has 0 saturated carbocycles. The van der Waals surface area contributed by atoms with Gasteiger partial charge in [-0.2, -0.15) is 0 Å². The molecule has 0 aromatic rings. The van der Waals surface area contributed by atoms with E-state index in [2.05, 4.69) is 10.3 Å². The van der Waals surface area contributed by atoms with Crippen LogP contribution in [0.15, 0.2) is 4.99 Å². The summed E-state index contributed by atoms with van der Waals surface area (Å²) in [6, 6.07) is 0. The standard InChI is InChI=1S/C15H29N3O3/c1-13(2,3)21-12(19)18-9-8-16-11(10-18)17-14(4,5)15(6,7)20/h20H,8-10H2,1-7H3,(H,16,17). The largest absolute Gasteiger partial charge is 0.444 e. The Morgan fingerprint density at radius 2 is 1.81 bits per heavy atom. The van der Waals surface area contributed by atoms with Crippen LogP contribution in [0.1, 0.15) is 48.5 Å². The van der Waals surface area contributed by atoms with E-state index in [1.165, 1.54) is 0 Å². The maximum absolute atomic E-state index is 12.1. The van der Waals surface area contributed by atoms with Gasteiger partial charge in [0.1, 0.15) is 11.4 Å². The fourth-order valence-electron chi connectivity index (χ4n) is 1.69. The van der Waals surface area contributed by atoms with E-state index in [1.807, 2.05) is 34.6 Å². The highest BCUT2D eigenvalue weighted by atomic mass is 16.6. The minimum atomic E-state index is -0.913. The third kappa shape index (κ3) is 5.19. The molecule has 0 aromatic heterocycles. The van der Waals surface area contributed by atoms with Gasteiger partial charge in [0.05, 0.1) is 24.2 Å². The first-order valence-electron chi connectivity index (χ1n) is 7.34. The molecule has 0 saturated heterocycles. The Labute approximate surface area is 127 Å². The predicted molar refractivity (Wildman–Crippen MR) is 83.6 cm³/mol. The van der Waals surface area contributed by atoms with Crippen molar-refractivity contribution in [2.24, 2.45) is 4.99 Å². The Kier molecular flexibility index (Phi) is 4.93. The van der Waals surface area contributed by atoms with Crippen molar-refractivity contribution in [1.29, 1.82) is 0 Å². The summed E-state index contributed by atoms with van der Waals surface area (Å²) in [5, 5.41) is 13.4. The van der Waals surface area contributed by atoms with Crippen LogP contribution in [0.5, 0.6) is 0 Å². The van der Waals surface area contributed by atoms with E-state index in [0.29, 0.717) is 25.5 Å². The van der Waals surface area contributed by atoms with Crippen molar-refractivity contribution >= 4 is 11.9 Å². The number of carbonyl (C=O) groups is 1. The van der Waals surface area contributed by atoms with E-state index in [1.54, 1.807) is 18.7 Å². The van der Waals surface area contributed by atoms with Gasteiger partial charge in [0.25, 0.3) is 0 Å². The number of aliphatic imine (C=N–C) groups is 1. The highest BCUT2D eigenvalue weighted by molar-refractivity contribution is 5.88. The van der Waals surface area contributed by atoms with E-state index < -0.39 is 16.7 Å². The molecule has 0 aliphatic carbocycles. The summed E-state index contributed by atoms with van der Waals surface area (Å²) in [5.74, 6) is 0.694. The number of nitrogens with zero attached hydrogens (tertiary/aromatic N) is 2. The molecule has 6 nitrogen and oxygen atoms in total. The van der Waals surface area contributed by atoms with Gasteiger partial charge in [-0.15, -0.1) is 0 Å². The topological polar surface area (TPSA) is 74.2 Å². The molecule has 1 aliphatic heterocycles. The van der Waals surface area contributed by atoms with Crippen molar-refractivity contribution < 1.29 is 14.6 Å². The smallest absolute Gasteiger partial charge is 0.410 e.